The number of nitrogens with zero attached hydrogens (tertiary/aromatic N) is 1. The molecule has 0 unspecified atom stereocenters. The minimum Gasteiger partial charge on any atom is -0.351 e. The number of rotatable bonds is 8. The molecule has 0 aromatic heterocycles. The monoisotopic (exact) mass is 420 g/mol. The van der Waals surface area contributed by atoms with Gasteiger partial charge in [0.25, 0.3) is 5.91 Å². The summed E-state index contributed by atoms with van der Waals surface area (Å²) in [6.45, 7) is 2.89. The number of halogens is 1. The molecule has 0 bridgehead atoms. The molecule has 1 heterocycles. The quantitative estimate of drug-likeness (QED) is 0.642. The Balaban J connectivity index is 1.38. The number of quaternary nitrogens is 1. The second kappa shape index (κ2) is 9.96. The first-order chi connectivity index (χ1) is 13.9. The zero-order valence-electron chi connectivity index (χ0n) is 16.3. The third-order valence-corrected chi connectivity index (χ3v) is 6.92. The zero-order chi connectivity index (χ0) is 20.7. The Kier molecular flexibility index (Phi) is 7.35. The average Bonchev–Trinajstić information content (AvgIpc) is 2.70. The third-order valence-electron chi connectivity index (χ3n) is 5.07. The molecule has 2 aromatic carbocycles. The van der Waals surface area contributed by atoms with Crippen LogP contribution in [0.1, 0.15) is 11.1 Å². The number of nitrogens with one attached hydrogen (secondary N) is 2. The minimum absolute atomic E-state index is 0.00699. The van der Waals surface area contributed by atoms with Gasteiger partial charge in [0.05, 0.1) is 31.9 Å². The fraction of sp³-hybridized carbons (Fsp3) is 0.381. The van der Waals surface area contributed by atoms with Gasteiger partial charge in [-0.1, -0.05) is 42.5 Å². The Morgan fingerprint density at radius 1 is 1.00 bits per heavy atom. The molecule has 8 heteroatoms. The molecule has 1 aliphatic rings. The molecule has 29 heavy (non-hydrogen) atoms. The van der Waals surface area contributed by atoms with Crippen LogP contribution in [0, 0.1) is 5.82 Å². The molecule has 3 rings (SSSR count). The molecular weight excluding hydrogens is 393 g/mol. The van der Waals surface area contributed by atoms with E-state index in [9.17, 15) is 17.6 Å². The van der Waals surface area contributed by atoms with E-state index in [1.807, 2.05) is 30.3 Å². The predicted octanol–water partition coefficient (Wildman–Crippen LogP) is 0.215. The smallest absolute Gasteiger partial charge is 0.275 e. The first-order valence-corrected chi connectivity index (χ1v) is 11.4. The molecular formula is C21H27FN3O3S+. The number of hydrogen-bond donors (Lipinski definition) is 2. The highest BCUT2D eigenvalue weighted by molar-refractivity contribution is 7.88. The summed E-state index contributed by atoms with van der Waals surface area (Å²) >= 11 is 0. The Morgan fingerprint density at radius 3 is 2.31 bits per heavy atom. The van der Waals surface area contributed by atoms with Crippen molar-refractivity contribution in [2.75, 3.05) is 39.3 Å². The van der Waals surface area contributed by atoms with Crippen molar-refractivity contribution in [3.63, 3.8) is 0 Å². The van der Waals surface area contributed by atoms with Crippen LogP contribution in [0.3, 0.4) is 0 Å². The first kappa shape index (κ1) is 21.4. The van der Waals surface area contributed by atoms with Crippen LogP contribution in [0.2, 0.25) is 0 Å². The molecule has 0 spiro atoms. The molecule has 156 valence electrons. The highest BCUT2D eigenvalue weighted by Gasteiger charge is 2.29. The summed E-state index contributed by atoms with van der Waals surface area (Å²) in [5, 5.41) is 2.88. The van der Waals surface area contributed by atoms with Gasteiger partial charge in [-0.15, -0.1) is 0 Å². The van der Waals surface area contributed by atoms with E-state index in [0.29, 0.717) is 45.7 Å². The number of benzene rings is 2. The molecule has 2 aromatic rings. The van der Waals surface area contributed by atoms with Gasteiger partial charge in [-0.3, -0.25) is 4.79 Å². The number of carbonyl (C=O) groups is 1. The lowest BCUT2D eigenvalue weighted by atomic mass is 10.1. The molecule has 1 aliphatic heterocycles. The summed E-state index contributed by atoms with van der Waals surface area (Å²) < 4.78 is 39.6. The fourth-order valence-electron chi connectivity index (χ4n) is 3.42. The Bertz CT molecular complexity index is 897. The molecule has 6 nitrogen and oxygen atoms in total. The van der Waals surface area contributed by atoms with Crippen molar-refractivity contribution in [2.24, 2.45) is 0 Å². The summed E-state index contributed by atoms with van der Waals surface area (Å²) in [6.07, 6.45) is 0.646. The van der Waals surface area contributed by atoms with Crippen molar-refractivity contribution < 1.29 is 22.5 Å². The number of hydrogen-bond acceptors (Lipinski definition) is 3. The molecule has 1 amide bonds. The number of piperazine rings is 1. The topological polar surface area (TPSA) is 70.9 Å². The number of carbonyl (C=O) groups excluding carboxylic acids is 1. The summed E-state index contributed by atoms with van der Waals surface area (Å²) in [5.74, 6) is -0.318. The van der Waals surface area contributed by atoms with E-state index in [0.717, 1.165) is 16.0 Å². The van der Waals surface area contributed by atoms with E-state index in [4.69, 9.17) is 0 Å². The van der Waals surface area contributed by atoms with Crippen LogP contribution >= 0.6 is 0 Å². The standard InChI is InChI=1S/C21H26FN3O3S/c22-20-8-6-18(7-9-20)10-11-23-21(26)16-24-12-14-25(15-13-24)29(27,28)17-19-4-2-1-3-5-19/h1-9H,10-17H2,(H,23,26)/p+1. The third kappa shape index (κ3) is 6.62. The lowest BCUT2D eigenvalue weighted by molar-refractivity contribution is -0.895. The Hall–Kier alpha value is -2.29. The van der Waals surface area contributed by atoms with Gasteiger partial charge in [0.1, 0.15) is 5.82 Å². The van der Waals surface area contributed by atoms with E-state index >= 15 is 0 Å². The summed E-state index contributed by atoms with van der Waals surface area (Å²) in [5.41, 5.74) is 1.75. The molecule has 1 fully saturated rings. The largest absolute Gasteiger partial charge is 0.351 e. The van der Waals surface area contributed by atoms with Crippen LogP contribution in [0.15, 0.2) is 54.6 Å². The molecule has 0 radical (unpaired) electrons. The van der Waals surface area contributed by atoms with E-state index in [1.165, 1.54) is 16.4 Å². The number of sulfonamides is 1. The van der Waals surface area contributed by atoms with Gasteiger partial charge in [-0.25, -0.2) is 12.8 Å². The van der Waals surface area contributed by atoms with Gasteiger partial charge < -0.3 is 10.2 Å². The van der Waals surface area contributed by atoms with Crippen LogP contribution in [0.25, 0.3) is 0 Å². The van der Waals surface area contributed by atoms with Crippen LogP contribution < -0.4 is 10.2 Å². The predicted molar refractivity (Wildman–Crippen MR) is 109 cm³/mol. The maximum atomic E-state index is 12.9. The van der Waals surface area contributed by atoms with Gasteiger partial charge in [0.2, 0.25) is 10.0 Å². The maximum absolute atomic E-state index is 12.9. The van der Waals surface area contributed by atoms with Crippen molar-refractivity contribution in [3.05, 3.63) is 71.5 Å². The van der Waals surface area contributed by atoms with Gasteiger partial charge in [0.15, 0.2) is 6.54 Å². The summed E-state index contributed by atoms with van der Waals surface area (Å²) in [6, 6.07) is 15.4. The van der Waals surface area contributed by atoms with Crippen LogP contribution in [0.5, 0.6) is 0 Å². The van der Waals surface area contributed by atoms with Crippen molar-refractivity contribution in [1.82, 2.24) is 9.62 Å². The van der Waals surface area contributed by atoms with Gasteiger partial charge in [-0.2, -0.15) is 4.31 Å². The summed E-state index contributed by atoms with van der Waals surface area (Å²) in [7, 11) is -3.34. The van der Waals surface area contributed by atoms with E-state index in [2.05, 4.69) is 5.32 Å². The van der Waals surface area contributed by atoms with E-state index in [1.54, 1.807) is 12.1 Å². The highest BCUT2D eigenvalue weighted by atomic mass is 32.2. The normalized spacial score (nSPS) is 15.9. The lowest BCUT2D eigenvalue weighted by Crippen LogP contribution is -3.15. The number of amides is 1. The minimum atomic E-state index is -3.34. The van der Waals surface area contributed by atoms with Gasteiger partial charge >= 0.3 is 0 Å². The maximum Gasteiger partial charge on any atom is 0.275 e. The second-order valence-electron chi connectivity index (χ2n) is 7.29. The van der Waals surface area contributed by atoms with E-state index < -0.39 is 10.0 Å². The van der Waals surface area contributed by atoms with Crippen molar-refractivity contribution in [1.29, 1.82) is 0 Å². The SMILES string of the molecule is O=C(C[NH+]1CCN(S(=O)(=O)Cc2ccccc2)CC1)NCCc1ccc(F)cc1. The Morgan fingerprint density at radius 2 is 1.66 bits per heavy atom. The van der Waals surface area contributed by atoms with Gasteiger partial charge in [0, 0.05) is 6.54 Å². The fourth-order valence-corrected chi connectivity index (χ4v) is 4.96. The van der Waals surface area contributed by atoms with Crippen molar-refractivity contribution >= 4 is 15.9 Å². The lowest BCUT2D eigenvalue weighted by Gasteiger charge is -2.31. The van der Waals surface area contributed by atoms with Crippen LogP contribution in [-0.2, 0) is 27.0 Å². The second-order valence-corrected chi connectivity index (χ2v) is 9.26. The molecule has 2 N–H and O–H groups in total. The van der Waals surface area contributed by atoms with Crippen molar-refractivity contribution in [3.8, 4) is 0 Å². The van der Waals surface area contributed by atoms with Crippen LogP contribution in [-0.4, -0.2) is 57.9 Å². The van der Waals surface area contributed by atoms with E-state index in [-0.39, 0.29) is 17.5 Å². The molecule has 0 saturated carbocycles. The highest BCUT2D eigenvalue weighted by Crippen LogP contribution is 2.10. The zero-order valence-corrected chi connectivity index (χ0v) is 17.1. The molecule has 1 saturated heterocycles. The molecule has 0 atom stereocenters. The Labute approximate surface area is 171 Å². The summed E-state index contributed by atoms with van der Waals surface area (Å²) in [4.78, 5) is 13.2. The van der Waals surface area contributed by atoms with Gasteiger partial charge in [-0.05, 0) is 29.7 Å². The molecule has 0 aliphatic carbocycles. The van der Waals surface area contributed by atoms with Crippen molar-refractivity contribution in [2.45, 2.75) is 12.2 Å². The average molecular weight is 421 g/mol. The van der Waals surface area contributed by atoms with Crippen LogP contribution in [0.4, 0.5) is 4.39 Å². The first-order valence-electron chi connectivity index (χ1n) is 9.79.